The third-order valence-electron chi connectivity index (χ3n) is 5.13. The van der Waals surface area contributed by atoms with Gasteiger partial charge in [-0.15, -0.1) is 0 Å². The minimum absolute atomic E-state index is 0.206. The van der Waals surface area contributed by atoms with Crippen LogP contribution >= 0.6 is 11.6 Å². The zero-order valence-electron chi connectivity index (χ0n) is 14.8. The Morgan fingerprint density at radius 2 is 1.96 bits per heavy atom. The van der Waals surface area contributed by atoms with E-state index in [2.05, 4.69) is 0 Å². The van der Waals surface area contributed by atoms with Crippen molar-refractivity contribution in [3.8, 4) is 0 Å². The fraction of sp³-hybridized carbons (Fsp3) is 0.238. The lowest BCUT2D eigenvalue weighted by molar-refractivity contribution is 0.0988. The molecule has 1 aliphatic heterocycles. The Bertz CT molecular complexity index is 1100. The molecule has 4 nitrogen and oxygen atoms in total. The van der Waals surface area contributed by atoms with Crippen molar-refractivity contribution in [2.24, 2.45) is 0 Å². The van der Waals surface area contributed by atoms with Crippen LogP contribution in [0.5, 0.6) is 0 Å². The van der Waals surface area contributed by atoms with Gasteiger partial charge in [-0.25, -0.2) is 0 Å². The maximum Gasteiger partial charge on any atom is 0.263 e. The number of fused-ring (bicyclic) bond motifs is 2. The number of aryl methyl sites for hydroxylation is 2. The molecule has 2 aromatic carbocycles. The van der Waals surface area contributed by atoms with E-state index in [9.17, 15) is 9.59 Å². The van der Waals surface area contributed by atoms with Gasteiger partial charge in [-0.3, -0.25) is 9.59 Å². The maximum absolute atomic E-state index is 13.2. The fourth-order valence-corrected chi connectivity index (χ4v) is 3.90. The van der Waals surface area contributed by atoms with Gasteiger partial charge in [0.05, 0.1) is 5.52 Å². The molecule has 0 bridgehead atoms. The molecule has 132 valence electrons. The predicted molar refractivity (Wildman–Crippen MR) is 105 cm³/mol. The number of anilines is 1. The third-order valence-corrected chi connectivity index (χ3v) is 5.54. The van der Waals surface area contributed by atoms with Gasteiger partial charge in [0.15, 0.2) is 0 Å². The standard InChI is InChI=1S/C21H19ClN2O2/c1-3-23-12-16(20(25)15-8-9-17(22)13(2)19(15)23)21(26)24-11-10-14-6-4-5-7-18(14)24/h4-9,12H,3,10-11H2,1-2H3. The summed E-state index contributed by atoms with van der Waals surface area (Å²) in [5, 5.41) is 1.15. The lowest BCUT2D eigenvalue weighted by Gasteiger charge is -2.19. The summed E-state index contributed by atoms with van der Waals surface area (Å²) in [6, 6.07) is 11.3. The highest BCUT2D eigenvalue weighted by atomic mass is 35.5. The van der Waals surface area contributed by atoms with E-state index in [1.54, 1.807) is 23.2 Å². The SMILES string of the molecule is CCn1cc(C(=O)N2CCc3ccccc32)c(=O)c2ccc(Cl)c(C)c21. The van der Waals surface area contributed by atoms with E-state index in [1.807, 2.05) is 42.7 Å². The first-order valence-electron chi connectivity index (χ1n) is 8.75. The molecule has 0 radical (unpaired) electrons. The van der Waals surface area contributed by atoms with Crippen LogP contribution in [0.2, 0.25) is 5.02 Å². The fourth-order valence-electron chi connectivity index (χ4n) is 3.75. The monoisotopic (exact) mass is 366 g/mol. The number of rotatable bonds is 2. The second-order valence-corrected chi connectivity index (χ2v) is 6.97. The van der Waals surface area contributed by atoms with Gasteiger partial charge in [0.25, 0.3) is 5.91 Å². The molecule has 1 aromatic heterocycles. The number of carbonyl (C=O) groups excluding carboxylic acids is 1. The van der Waals surface area contributed by atoms with E-state index in [4.69, 9.17) is 11.6 Å². The van der Waals surface area contributed by atoms with Crippen molar-refractivity contribution >= 4 is 34.1 Å². The van der Waals surface area contributed by atoms with E-state index in [0.29, 0.717) is 23.5 Å². The molecule has 0 unspecified atom stereocenters. The van der Waals surface area contributed by atoms with E-state index in [0.717, 1.165) is 28.8 Å². The number of para-hydroxylation sites is 1. The summed E-state index contributed by atoms with van der Waals surface area (Å²) < 4.78 is 1.94. The minimum atomic E-state index is -0.239. The molecule has 0 fully saturated rings. The summed E-state index contributed by atoms with van der Waals surface area (Å²) in [4.78, 5) is 28.0. The second kappa shape index (κ2) is 6.29. The van der Waals surface area contributed by atoms with Gasteiger partial charge >= 0.3 is 0 Å². The van der Waals surface area contributed by atoms with Crippen LogP contribution in [0.3, 0.4) is 0 Å². The van der Waals surface area contributed by atoms with Crippen LogP contribution in [-0.4, -0.2) is 17.0 Å². The van der Waals surface area contributed by atoms with Gasteiger partial charge in [-0.05, 0) is 49.6 Å². The topological polar surface area (TPSA) is 42.3 Å². The number of hydrogen-bond donors (Lipinski definition) is 0. The average molecular weight is 367 g/mol. The second-order valence-electron chi connectivity index (χ2n) is 6.56. The molecule has 0 saturated heterocycles. The molecule has 3 aromatic rings. The van der Waals surface area contributed by atoms with Crippen molar-refractivity contribution in [2.45, 2.75) is 26.8 Å². The van der Waals surface area contributed by atoms with Gasteiger partial charge in [-0.1, -0.05) is 29.8 Å². The zero-order valence-corrected chi connectivity index (χ0v) is 15.5. The Balaban J connectivity index is 1.91. The number of benzene rings is 2. The summed E-state index contributed by atoms with van der Waals surface area (Å²) in [6.45, 7) is 5.13. The summed E-state index contributed by atoms with van der Waals surface area (Å²) in [7, 11) is 0. The van der Waals surface area contributed by atoms with E-state index in [-0.39, 0.29) is 16.9 Å². The van der Waals surface area contributed by atoms with E-state index >= 15 is 0 Å². The first-order chi connectivity index (χ1) is 12.5. The molecule has 0 aliphatic carbocycles. The van der Waals surface area contributed by atoms with Crippen LogP contribution in [0.4, 0.5) is 5.69 Å². The van der Waals surface area contributed by atoms with Crippen LogP contribution in [0, 0.1) is 6.92 Å². The Kier molecular flexibility index (Phi) is 4.08. The number of halogens is 1. The number of carbonyl (C=O) groups is 1. The molecule has 4 rings (SSSR count). The van der Waals surface area contributed by atoms with Gasteiger partial charge in [0, 0.05) is 35.4 Å². The van der Waals surface area contributed by atoms with Crippen LogP contribution in [-0.2, 0) is 13.0 Å². The normalized spacial score (nSPS) is 13.3. The molecule has 0 saturated carbocycles. The van der Waals surface area contributed by atoms with Gasteiger partial charge < -0.3 is 9.47 Å². The molecule has 1 amide bonds. The van der Waals surface area contributed by atoms with Crippen LogP contribution in [0.15, 0.2) is 47.4 Å². The van der Waals surface area contributed by atoms with Crippen molar-refractivity contribution < 1.29 is 4.79 Å². The maximum atomic E-state index is 13.2. The molecule has 0 spiro atoms. The Morgan fingerprint density at radius 3 is 2.73 bits per heavy atom. The summed E-state index contributed by atoms with van der Waals surface area (Å²) in [5.74, 6) is -0.239. The molecule has 0 N–H and O–H groups in total. The quantitative estimate of drug-likeness (QED) is 0.682. The number of aromatic nitrogens is 1. The van der Waals surface area contributed by atoms with Crippen molar-refractivity contribution in [1.29, 1.82) is 0 Å². The first kappa shape index (κ1) is 16.9. The summed E-state index contributed by atoms with van der Waals surface area (Å²) >= 11 is 6.24. The van der Waals surface area contributed by atoms with Gasteiger partial charge in [0.2, 0.25) is 5.43 Å². The van der Waals surface area contributed by atoms with E-state index in [1.165, 1.54) is 0 Å². The Labute approximate surface area is 156 Å². The highest BCUT2D eigenvalue weighted by Gasteiger charge is 2.28. The smallest absolute Gasteiger partial charge is 0.263 e. The number of hydrogen-bond acceptors (Lipinski definition) is 2. The number of amides is 1. The molecule has 0 atom stereocenters. The predicted octanol–water partition coefficient (Wildman–Crippen LogP) is 4.19. The molecule has 26 heavy (non-hydrogen) atoms. The average Bonchev–Trinajstić information content (AvgIpc) is 3.08. The number of pyridine rings is 1. The first-order valence-corrected chi connectivity index (χ1v) is 9.12. The highest BCUT2D eigenvalue weighted by molar-refractivity contribution is 6.32. The van der Waals surface area contributed by atoms with E-state index < -0.39 is 0 Å². The van der Waals surface area contributed by atoms with Crippen molar-refractivity contribution in [1.82, 2.24) is 4.57 Å². The lowest BCUT2D eigenvalue weighted by atomic mass is 10.1. The van der Waals surface area contributed by atoms with Crippen LogP contribution < -0.4 is 10.3 Å². The van der Waals surface area contributed by atoms with Crippen LogP contribution in [0.1, 0.15) is 28.4 Å². The largest absolute Gasteiger partial charge is 0.346 e. The van der Waals surface area contributed by atoms with Crippen molar-refractivity contribution in [3.63, 3.8) is 0 Å². The molecular formula is C21H19ClN2O2. The highest BCUT2D eigenvalue weighted by Crippen LogP contribution is 2.29. The Morgan fingerprint density at radius 1 is 1.19 bits per heavy atom. The summed E-state index contributed by atoms with van der Waals surface area (Å²) in [6.07, 6.45) is 2.49. The minimum Gasteiger partial charge on any atom is -0.346 e. The van der Waals surface area contributed by atoms with Crippen molar-refractivity contribution in [2.75, 3.05) is 11.4 Å². The Hall–Kier alpha value is -2.59. The van der Waals surface area contributed by atoms with Gasteiger partial charge in [-0.2, -0.15) is 0 Å². The molecule has 1 aliphatic rings. The molecule has 5 heteroatoms. The van der Waals surface area contributed by atoms with Crippen molar-refractivity contribution in [3.05, 3.63) is 74.5 Å². The van der Waals surface area contributed by atoms with Gasteiger partial charge in [0.1, 0.15) is 5.56 Å². The van der Waals surface area contributed by atoms with Crippen LogP contribution in [0.25, 0.3) is 10.9 Å². The third kappa shape index (κ3) is 2.44. The lowest BCUT2D eigenvalue weighted by Crippen LogP contribution is -2.33. The summed E-state index contributed by atoms with van der Waals surface area (Å²) in [5.41, 5.74) is 3.65. The number of nitrogens with zero attached hydrogens (tertiary/aromatic N) is 2. The zero-order chi connectivity index (χ0) is 18.4. The molecular weight excluding hydrogens is 348 g/mol. The molecule has 2 heterocycles.